The summed E-state index contributed by atoms with van der Waals surface area (Å²) in [5, 5.41) is 6.61. The summed E-state index contributed by atoms with van der Waals surface area (Å²) in [6.45, 7) is 2.40. The summed E-state index contributed by atoms with van der Waals surface area (Å²) < 4.78 is 0. The van der Waals surface area contributed by atoms with E-state index in [4.69, 9.17) is 0 Å². The number of carbonyl (C=O) groups is 2. The van der Waals surface area contributed by atoms with E-state index in [1.807, 2.05) is 13.0 Å². The molecule has 0 atom stereocenters. The summed E-state index contributed by atoms with van der Waals surface area (Å²) in [5.74, 6) is 0.220. The molecule has 1 saturated carbocycles. The van der Waals surface area contributed by atoms with E-state index in [1.54, 1.807) is 12.1 Å². The molecular weight excluding hydrogens is 306 g/mol. The van der Waals surface area contributed by atoms with E-state index in [-0.39, 0.29) is 23.3 Å². The minimum Gasteiger partial charge on any atom is -0.356 e. The monoisotopic (exact) mass is 327 g/mol. The van der Waals surface area contributed by atoms with Gasteiger partial charge >= 0.3 is 0 Å². The number of pyridine rings is 1. The summed E-state index contributed by atoms with van der Waals surface area (Å²) in [4.78, 5) is 37.7. The fourth-order valence-corrected chi connectivity index (χ4v) is 2.67. The lowest BCUT2D eigenvalue weighted by atomic mass is 10.1. The minimum absolute atomic E-state index is 0.0860. The average molecular weight is 327 g/mol. The molecule has 0 saturated heterocycles. The molecule has 6 nitrogen and oxygen atoms in total. The molecule has 3 N–H and O–H groups in total. The molecule has 0 radical (unpaired) electrons. The summed E-state index contributed by atoms with van der Waals surface area (Å²) in [7, 11) is 0. The van der Waals surface area contributed by atoms with Gasteiger partial charge in [-0.25, -0.2) is 0 Å². The van der Waals surface area contributed by atoms with E-state index in [9.17, 15) is 14.4 Å². The summed E-state index contributed by atoms with van der Waals surface area (Å²) in [6, 6.07) is 6.95. The van der Waals surface area contributed by atoms with Gasteiger partial charge < -0.3 is 15.6 Å². The van der Waals surface area contributed by atoms with Gasteiger partial charge in [-0.1, -0.05) is 0 Å². The first-order valence-electron chi connectivity index (χ1n) is 8.24. The Morgan fingerprint density at radius 2 is 2.04 bits per heavy atom. The molecule has 24 heavy (non-hydrogen) atoms. The number of aromatic amines is 1. The first kappa shape index (κ1) is 16.2. The van der Waals surface area contributed by atoms with Crippen LogP contribution < -0.4 is 16.2 Å². The smallest absolute Gasteiger partial charge is 0.248 e. The number of rotatable bonds is 6. The molecular formula is C18H21N3O3. The number of aromatic nitrogens is 1. The van der Waals surface area contributed by atoms with Crippen molar-refractivity contribution in [1.29, 1.82) is 0 Å². The molecule has 1 aliphatic carbocycles. The number of hydrogen-bond donors (Lipinski definition) is 3. The Kier molecular flexibility index (Phi) is 4.64. The number of nitrogens with one attached hydrogen (secondary N) is 3. The quantitative estimate of drug-likeness (QED) is 0.709. The van der Waals surface area contributed by atoms with Crippen molar-refractivity contribution in [2.75, 3.05) is 11.9 Å². The van der Waals surface area contributed by atoms with E-state index in [0.717, 1.165) is 29.3 Å². The molecule has 1 aromatic heterocycles. The molecule has 0 aliphatic heterocycles. The summed E-state index contributed by atoms with van der Waals surface area (Å²) in [6.07, 6.45) is 2.94. The number of hydrogen-bond acceptors (Lipinski definition) is 3. The molecule has 2 amide bonds. The Balaban J connectivity index is 1.53. The molecule has 0 spiro atoms. The van der Waals surface area contributed by atoms with Crippen LogP contribution in [0, 0.1) is 12.8 Å². The standard InChI is InChI=1S/C18H21N3O3/c1-11-9-17(23)21-15-7-6-13(10-14(11)15)20-16(22)3-2-8-19-18(24)12-4-5-12/h6-7,9-10,12H,2-5,8H2,1H3,(H,19,24)(H,20,22)(H,21,23). The van der Waals surface area contributed by atoms with Gasteiger partial charge in [-0.05, 0) is 49.9 Å². The lowest BCUT2D eigenvalue weighted by molar-refractivity contribution is -0.122. The van der Waals surface area contributed by atoms with Crippen molar-refractivity contribution in [2.24, 2.45) is 5.92 Å². The molecule has 1 aliphatic rings. The zero-order valence-corrected chi connectivity index (χ0v) is 13.6. The fourth-order valence-electron chi connectivity index (χ4n) is 2.67. The number of benzene rings is 1. The van der Waals surface area contributed by atoms with Gasteiger partial charge in [0, 0.05) is 41.5 Å². The summed E-state index contributed by atoms with van der Waals surface area (Å²) >= 11 is 0. The van der Waals surface area contributed by atoms with Gasteiger partial charge in [0.05, 0.1) is 0 Å². The molecule has 1 fully saturated rings. The van der Waals surface area contributed by atoms with Gasteiger partial charge in [0.15, 0.2) is 0 Å². The third-order valence-corrected chi connectivity index (χ3v) is 4.16. The van der Waals surface area contributed by atoms with E-state index in [0.29, 0.717) is 25.1 Å². The highest BCUT2D eigenvalue weighted by atomic mass is 16.2. The average Bonchev–Trinajstić information content (AvgIpc) is 3.37. The van der Waals surface area contributed by atoms with Crippen molar-refractivity contribution in [2.45, 2.75) is 32.6 Å². The maximum absolute atomic E-state index is 12.0. The van der Waals surface area contributed by atoms with E-state index < -0.39 is 0 Å². The van der Waals surface area contributed by atoms with Gasteiger partial charge in [-0.15, -0.1) is 0 Å². The van der Waals surface area contributed by atoms with Crippen LogP contribution in [0.3, 0.4) is 0 Å². The van der Waals surface area contributed by atoms with Crippen molar-refractivity contribution >= 4 is 28.4 Å². The van der Waals surface area contributed by atoms with Crippen molar-refractivity contribution in [1.82, 2.24) is 10.3 Å². The Morgan fingerprint density at radius 1 is 1.25 bits per heavy atom. The first-order valence-corrected chi connectivity index (χ1v) is 8.24. The highest BCUT2D eigenvalue weighted by Gasteiger charge is 2.28. The van der Waals surface area contributed by atoms with Crippen LogP contribution in [-0.2, 0) is 9.59 Å². The maximum Gasteiger partial charge on any atom is 0.248 e. The molecule has 3 rings (SSSR count). The second kappa shape index (κ2) is 6.86. The number of H-pyrrole nitrogens is 1. The van der Waals surface area contributed by atoms with Crippen molar-refractivity contribution in [3.05, 3.63) is 40.2 Å². The fraction of sp³-hybridized carbons (Fsp3) is 0.389. The van der Waals surface area contributed by atoms with Crippen LogP contribution in [0.1, 0.15) is 31.2 Å². The van der Waals surface area contributed by atoms with E-state index in [2.05, 4.69) is 15.6 Å². The molecule has 2 aromatic rings. The summed E-state index contributed by atoms with van der Waals surface area (Å²) in [5.41, 5.74) is 2.18. The zero-order chi connectivity index (χ0) is 17.1. The number of amides is 2. The van der Waals surface area contributed by atoms with E-state index >= 15 is 0 Å². The highest BCUT2D eigenvalue weighted by Crippen LogP contribution is 2.28. The SMILES string of the molecule is Cc1cc(=O)[nH]c2ccc(NC(=O)CCCNC(=O)C3CC3)cc12. The second-order valence-corrected chi connectivity index (χ2v) is 6.29. The van der Waals surface area contributed by atoms with Gasteiger partial charge in [-0.2, -0.15) is 0 Å². The Labute approximate surface area is 139 Å². The third-order valence-electron chi connectivity index (χ3n) is 4.16. The molecule has 6 heteroatoms. The van der Waals surface area contributed by atoms with Crippen molar-refractivity contribution in [3.63, 3.8) is 0 Å². The lowest BCUT2D eigenvalue weighted by Crippen LogP contribution is -2.26. The first-order chi connectivity index (χ1) is 11.5. The van der Waals surface area contributed by atoms with Crippen LogP contribution in [-0.4, -0.2) is 23.3 Å². The predicted molar refractivity (Wildman–Crippen MR) is 92.9 cm³/mol. The number of anilines is 1. The molecule has 126 valence electrons. The molecule has 0 bridgehead atoms. The van der Waals surface area contributed by atoms with Crippen LogP contribution in [0.15, 0.2) is 29.1 Å². The van der Waals surface area contributed by atoms with Gasteiger partial charge in [0.1, 0.15) is 0 Å². The topological polar surface area (TPSA) is 91.1 Å². The van der Waals surface area contributed by atoms with Crippen LogP contribution in [0.25, 0.3) is 10.9 Å². The van der Waals surface area contributed by atoms with Crippen LogP contribution in [0.5, 0.6) is 0 Å². The highest BCUT2D eigenvalue weighted by molar-refractivity contribution is 5.94. The second-order valence-electron chi connectivity index (χ2n) is 6.29. The Bertz CT molecular complexity index is 837. The molecule has 0 unspecified atom stereocenters. The molecule has 1 aromatic carbocycles. The van der Waals surface area contributed by atoms with Crippen LogP contribution in [0.2, 0.25) is 0 Å². The Morgan fingerprint density at radius 3 is 2.79 bits per heavy atom. The molecule has 1 heterocycles. The number of aryl methyl sites for hydroxylation is 1. The van der Waals surface area contributed by atoms with E-state index in [1.165, 1.54) is 6.07 Å². The maximum atomic E-state index is 12.0. The predicted octanol–water partition coefficient (Wildman–Crippen LogP) is 2.08. The Hall–Kier alpha value is -2.63. The van der Waals surface area contributed by atoms with Crippen molar-refractivity contribution < 1.29 is 9.59 Å². The van der Waals surface area contributed by atoms with Gasteiger partial charge in [0.2, 0.25) is 17.4 Å². The largest absolute Gasteiger partial charge is 0.356 e. The lowest BCUT2D eigenvalue weighted by Gasteiger charge is -2.08. The normalized spacial score (nSPS) is 13.7. The van der Waals surface area contributed by atoms with Crippen LogP contribution in [0.4, 0.5) is 5.69 Å². The third kappa shape index (κ3) is 4.01. The van der Waals surface area contributed by atoms with Gasteiger partial charge in [-0.3, -0.25) is 14.4 Å². The zero-order valence-electron chi connectivity index (χ0n) is 13.6. The van der Waals surface area contributed by atoms with Crippen molar-refractivity contribution in [3.8, 4) is 0 Å². The number of fused-ring (bicyclic) bond motifs is 1. The minimum atomic E-state index is -0.134. The number of carbonyl (C=O) groups excluding carboxylic acids is 2. The van der Waals surface area contributed by atoms with Crippen LogP contribution >= 0.6 is 0 Å². The van der Waals surface area contributed by atoms with Gasteiger partial charge in [0.25, 0.3) is 0 Å².